The summed E-state index contributed by atoms with van der Waals surface area (Å²) in [5.41, 5.74) is 4.60. The molecule has 0 radical (unpaired) electrons. The lowest BCUT2D eigenvalue weighted by molar-refractivity contribution is 0.633. The summed E-state index contributed by atoms with van der Waals surface area (Å²) in [5.74, 6) is 1.32. The van der Waals surface area contributed by atoms with Crippen LogP contribution in [0.2, 0.25) is 0 Å². The molecule has 0 aliphatic carbocycles. The van der Waals surface area contributed by atoms with Gasteiger partial charge in [-0.25, -0.2) is 4.98 Å². The number of aromatic nitrogens is 2. The molecule has 0 saturated heterocycles. The zero-order valence-electron chi connectivity index (χ0n) is 12.0. The van der Waals surface area contributed by atoms with E-state index in [1.807, 2.05) is 6.07 Å². The largest absolute Gasteiger partial charge is 0.320 e. The molecule has 21 heavy (non-hydrogen) atoms. The minimum atomic E-state index is 0.183. The predicted molar refractivity (Wildman–Crippen MR) is 92.0 cm³/mol. The van der Waals surface area contributed by atoms with Crippen LogP contribution in [0.25, 0.3) is 11.0 Å². The third-order valence-electron chi connectivity index (χ3n) is 3.76. The van der Waals surface area contributed by atoms with E-state index in [0.29, 0.717) is 5.88 Å². The van der Waals surface area contributed by atoms with Crippen LogP contribution in [0.3, 0.4) is 0 Å². The standard InChI is InChI=1S/C17H16BrClN2/c1-11-6-7-15-16(8-11)21(17(10-19)20-15)12(2)13-4-3-5-14(18)9-13/h3-9,12H,10H2,1-2H3. The van der Waals surface area contributed by atoms with Gasteiger partial charge in [-0.05, 0) is 49.2 Å². The van der Waals surface area contributed by atoms with Crippen molar-refractivity contribution in [3.8, 4) is 0 Å². The summed E-state index contributed by atoms with van der Waals surface area (Å²) >= 11 is 9.65. The molecule has 2 aromatic carbocycles. The van der Waals surface area contributed by atoms with E-state index >= 15 is 0 Å². The van der Waals surface area contributed by atoms with Crippen LogP contribution in [-0.4, -0.2) is 9.55 Å². The predicted octanol–water partition coefficient (Wildman–Crippen LogP) is 5.46. The summed E-state index contributed by atoms with van der Waals surface area (Å²) in [7, 11) is 0. The third kappa shape index (κ3) is 2.72. The topological polar surface area (TPSA) is 17.8 Å². The number of hydrogen-bond donors (Lipinski definition) is 0. The van der Waals surface area contributed by atoms with E-state index in [9.17, 15) is 0 Å². The summed E-state index contributed by atoms with van der Waals surface area (Å²) < 4.78 is 3.32. The Morgan fingerprint density at radius 3 is 2.76 bits per heavy atom. The maximum Gasteiger partial charge on any atom is 0.125 e. The molecule has 3 rings (SSSR count). The lowest BCUT2D eigenvalue weighted by Gasteiger charge is -2.18. The normalized spacial score (nSPS) is 12.8. The Balaban J connectivity index is 2.20. The van der Waals surface area contributed by atoms with E-state index in [1.165, 1.54) is 11.1 Å². The van der Waals surface area contributed by atoms with Crippen molar-refractivity contribution in [1.82, 2.24) is 9.55 Å². The Hall–Kier alpha value is -1.32. The molecule has 0 fully saturated rings. The average Bonchev–Trinajstić information content (AvgIpc) is 2.84. The van der Waals surface area contributed by atoms with E-state index in [1.54, 1.807) is 0 Å². The van der Waals surface area contributed by atoms with E-state index in [-0.39, 0.29) is 6.04 Å². The van der Waals surface area contributed by atoms with Gasteiger partial charge in [-0.15, -0.1) is 11.6 Å². The van der Waals surface area contributed by atoms with Gasteiger partial charge in [0.25, 0.3) is 0 Å². The molecule has 1 heterocycles. The van der Waals surface area contributed by atoms with Crippen LogP contribution in [0, 0.1) is 6.92 Å². The molecule has 1 aromatic heterocycles. The van der Waals surface area contributed by atoms with Gasteiger partial charge in [0, 0.05) is 4.47 Å². The van der Waals surface area contributed by atoms with Crippen LogP contribution in [0.15, 0.2) is 46.9 Å². The van der Waals surface area contributed by atoms with Crippen molar-refractivity contribution in [3.05, 3.63) is 63.9 Å². The van der Waals surface area contributed by atoms with Gasteiger partial charge >= 0.3 is 0 Å². The first kappa shape index (κ1) is 14.6. The molecular formula is C17H16BrClN2. The Labute approximate surface area is 137 Å². The minimum absolute atomic E-state index is 0.183. The number of alkyl halides is 1. The summed E-state index contributed by atoms with van der Waals surface area (Å²) in [6, 6.07) is 14.9. The van der Waals surface area contributed by atoms with Gasteiger partial charge in [0.05, 0.1) is 23.0 Å². The van der Waals surface area contributed by atoms with Gasteiger partial charge in [-0.3, -0.25) is 0 Å². The van der Waals surface area contributed by atoms with Gasteiger partial charge in [-0.1, -0.05) is 34.1 Å². The van der Waals surface area contributed by atoms with Crippen LogP contribution < -0.4 is 0 Å². The number of nitrogens with zero attached hydrogens (tertiary/aromatic N) is 2. The summed E-state index contributed by atoms with van der Waals surface area (Å²) in [5, 5.41) is 0. The maximum absolute atomic E-state index is 6.11. The number of imidazole rings is 1. The Bertz CT molecular complexity index is 795. The van der Waals surface area contributed by atoms with E-state index < -0.39 is 0 Å². The van der Waals surface area contributed by atoms with Crippen molar-refractivity contribution >= 4 is 38.6 Å². The molecule has 0 amide bonds. The summed E-state index contributed by atoms with van der Waals surface area (Å²) in [6.45, 7) is 4.28. The molecule has 108 valence electrons. The SMILES string of the molecule is Cc1ccc2nc(CCl)n(C(C)c3cccc(Br)c3)c2c1. The van der Waals surface area contributed by atoms with Crippen molar-refractivity contribution in [3.63, 3.8) is 0 Å². The van der Waals surface area contributed by atoms with Crippen LogP contribution in [0.1, 0.15) is 29.9 Å². The first-order chi connectivity index (χ1) is 10.1. The highest BCUT2D eigenvalue weighted by molar-refractivity contribution is 9.10. The van der Waals surface area contributed by atoms with Crippen molar-refractivity contribution < 1.29 is 0 Å². The van der Waals surface area contributed by atoms with Gasteiger partial charge in [0.2, 0.25) is 0 Å². The molecule has 0 N–H and O–H groups in total. The average molecular weight is 364 g/mol. The number of fused-ring (bicyclic) bond motifs is 1. The van der Waals surface area contributed by atoms with Gasteiger partial charge in [0.1, 0.15) is 5.82 Å². The third-order valence-corrected chi connectivity index (χ3v) is 4.49. The lowest BCUT2D eigenvalue weighted by atomic mass is 10.1. The van der Waals surface area contributed by atoms with Crippen LogP contribution in [-0.2, 0) is 5.88 Å². The minimum Gasteiger partial charge on any atom is -0.320 e. The second kappa shape index (κ2) is 5.82. The number of rotatable bonds is 3. The highest BCUT2D eigenvalue weighted by Crippen LogP contribution is 2.28. The Kier molecular flexibility index (Phi) is 4.05. The highest BCUT2D eigenvalue weighted by atomic mass is 79.9. The smallest absolute Gasteiger partial charge is 0.125 e. The van der Waals surface area contributed by atoms with Crippen LogP contribution >= 0.6 is 27.5 Å². The highest BCUT2D eigenvalue weighted by Gasteiger charge is 2.17. The molecule has 3 aromatic rings. The molecule has 0 saturated carbocycles. The van der Waals surface area contributed by atoms with Gasteiger partial charge < -0.3 is 4.57 Å². The quantitative estimate of drug-likeness (QED) is 0.565. The number of hydrogen-bond acceptors (Lipinski definition) is 1. The molecule has 2 nitrogen and oxygen atoms in total. The first-order valence-electron chi connectivity index (χ1n) is 6.89. The fraction of sp³-hybridized carbons (Fsp3) is 0.235. The molecule has 1 atom stereocenters. The van der Waals surface area contributed by atoms with Gasteiger partial charge in [0.15, 0.2) is 0 Å². The molecule has 0 aliphatic heterocycles. The van der Waals surface area contributed by atoms with Crippen molar-refractivity contribution in [2.24, 2.45) is 0 Å². The fourth-order valence-electron chi connectivity index (χ4n) is 2.69. The maximum atomic E-state index is 6.11. The second-order valence-corrected chi connectivity index (χ2v) is 6.44. The number of aryl methyl sites for hydroxylation is 1. The molecule has 0 aliphatic rings. The lowest BCUT2D eigenvalue weighted by Crippen LogP contribution is -2.10. The molecular weight excluding hydrogens is 348 g/mol. The molecule has 4 heteroatoms. The zero-order chi connectivity index (χ0) is 15.0. The molecule has 0 bridgehead atoms. The van der Waals surface area contributed by atoms with E-state index in [0.717, 1.165) is 21.3 Å². The Morgan fingerprint density at radius 1 is 1.24 bits per heavy atom. The van der Waals surface area contributed by atoms with E-state index in [2.05, 4.69) is 75.7 Å². The number of benzene rings is 2. The van der Waals surface area contributed by atoms with Gasteiger partial charge in [-0.2, -0.15) is 0 Å². The molecule has 0 spiro atoms. The molecule has 1 unspecified atom stereocenters. The second-order valence-electron chi connectivity index (χ2n) is 5.25. The summed E-state index contributed by atoms with van der Waals surface area (Å²) in [4.78, 5) is 4.66. The first-order valence-corrected chi connectivity index (χ1v) is 8.22. The fourth-order valence-corrected chi connectivity index (χ4v) is 3.30. The van der Waals surface area contributed by atoms with Crippen LogP contribution in [0.4, 0.5) is 0 Å². The van der Waals surface area contributed by atoms with Crippen LogP contribution in [0.5, 0.6) is 0 Å². The van der Waals surface area contributed by atoms with E-state index in [4.69, 9.17) is 11.6 Å². The summed E-state index contributed by atoms with van der Waals surface area (Å²) in [6.07, 6.45) is 0. The Morgan fingerprint density at radius 2 is 2.05 bits per heavy atom. The van der Waals surface area contributed by atoms with Crippen molar-refractivity contribution in [2.45, 2.75) is 25.8 Å². The van der Waals surface area contributed by atoms with Crippen molar-refractivity contribution in [2.75, 3.05) is 0 Å². The van der Waals surface area contributed by atoms with Crippen molar-refractivity contribution in [1.29, 1.82) is 0 Å². The number of halogens is 2. The zero-order valence-corrected chi connectivity index (χ0v) is 14.3. The monoisotopic (exact) mass is 362 g/mol.